The maximum absolute atomic E-state index is 13.2. The molecule has 3 heterocycles. The number of aliphatic hydroxyl groups is 1. The van der Waals surface area contributed by atoms with Gasteiger partial charge in [0, 0.05) is 16.5 Å². The largest absolute Gasteiger partial charge is 0.507 e. The summed E-state index contributed by atoms with van der Waals surface area (Å²) in [4.78, 5) is 27.6. The number of hydrogen-bond acceptors (Lipinski definition) is 7. The number of ether oxygens (including phenoxy) is 1. The predicted molar refractivity (Wildman–Crippen MR) is 124 cm³/mol. The number of halogens is 1. The lowest BCUT2D eigenvalue weighted by Gasteiger charge is -2.22. The Morgan fingerprint density at radius 1 is 1.22 bits per heavy atom. The van der Waals surface area contributed by atoms with Crippen LogP contribution in [0.15, 0.2) is 52.5 Å². The average molecular weight is 512 g/mol. The third-order valence-corrected chi connectivity index (χ3v) is 6.83. The van der Waals surface area contributed by atoms with E-state index in [1.165, 1.54) is 16.2 Å². The highest BCUT2D eigenvalue weighted by molar-refractivity contribution is 9.10. The van der Waals surface area contributed by atoms with Crippen molar-refractivity contribution < 1.29 is 19.4 Å². The SMILES string of the molecule is Cc1nnc(N2C(=O)C(=O)/C(=C(/O)c3ccc4c(c3)C[C@@H](C)O4)[C@@H]2c2cccc(Br)c2)s1. The number of anilines is 1. The zero-order valence-electron chi connectivity index (χ0n) is 17.2. The summed E-state index contributed by atoms with van der Waals surface area (Å²) >= 11 is 4.67. The van der Waals surface area contributed by atoms with Crippen molar-refractivity contribution in [3.63, 3.8) is 0 Å². The van der Waals surface area contributed by atoms with Gasteiger partial charge in [-0.2, -0.15) is 0 Å². The van der Waals surface area contributed by atoms with Gasteiger partial charge in [0.2, 0.25) is 5.13 Å². The van der Waals surface area contributed by atoms with Crippen LogP contribution in [0.4, 0.5) is 5.13 Å². The highest BCUT2D eigenvalue weighted by Gasteiger charge is 2.48. The normalized spacial score (nSPS) is 21.7. The molecular weight excluding hydrogens is 494 g/mol. The molecule has 162 valence electrons. The first-order valence-electron chi connectivity index (χ1n) is 10.00. The van der Waals surface area contributed by atoms with Crippen LogP contribution in [0.5, 0.6) is 5.75 Å². The maximum atomic E-state index is 13.2. The molecule has 1 amide bonds. The van der Waals surface area contributed by atoms with E-state index < -0.39 is 17.7 Å². The standard InChI is InChI=1S/C23H18BrN3O4S/c1-11-8-15-9-14(6-7-17(15)31-11)20(28)18-19(13-4-3-5-16(24)10-13)27(22(30)21(18)29)23-26-25-12(2)32-23/h3-7,9-11,19,28H,8H2,1-2H3/b20-18+/t11-,19+/m1/s1. The van der Waals surface area contributed by atoms with Gasteiger partial charge in [-0.15, -0.1) is 10.2 Å². The van der Waals surface area contributed by atoms with Crippen LogP contribution in [0.25, 0.3) is 5.76 Å². The van der Waals surface area contributed by atoms with Crippen LogP contribution in [0, 0.1) is 6.92 Å². The summed E-state index contributed by atoms with van der Waals surface area (Å²) in [6, 6.07) is 11.8. The molecule has 2 aliphatic rings. The minimum atomic E-state index is -0.830. The molecular formula is C23H18BrN3O4S. The molecule has 32 heavy (non-hydrogen) atoms. The first-order chi connectivity index (χ1) is 15.3. The number of aromatic nitrogens is 2. The summed E-state index contributed by atoms with van der Waals surface area (Å²) in [5.41, 5.74) is 2.11. The van der Waals surface area contributed by atoms with E-state index in [9.17, 15) is 14.7 Å². The van der Waals surface area contributed by atoms with Gasteiger partial charge in [0.15, 0.2) is 0 Å². The van der Waals surface area contributed by atoms with Crippen LogP contribution in [0.3, 0.4) is 0 Å². The van der Waals surface area contributed by atoms with Crippen molar-refractivity contribution in [3.05, 3.63) is 74.2 Å². The lowest BCUT2D eigenvalue weighted by atomic mass is 9.94. The topological polar surface area (TPSA) is 92.6 Å². The molecule has 0 unspecified atom stereocenters. The second-order valence-corrected chi connectivity index (χ2v) is 9.86. The zero-order chi connectivity index (χ0) is 22.6. The Morgan fingerprint density at radius 3 is 2.75 bits per heavy atom. The Labute approximate surface area is 196 Å². The number of carbonyl (C=O) groups excluding carboxylic acids is 2. The van der Waals surface area contributed by atoms with Gasteiger partial charge in [0.25, 0.3) is 5.78 Å². The van der Waals surface area contributed by atoms with Gasteiger partial charge in [0.1, 0.15) is 22.6 Å². The van der Waals surface area contributed by atoms with E-state index in [0.29, 0.717) is 27.7 Å². The molecule has 1 N–H and O–H groups in total. The average Bonchev–Trinajstić information content (AvgIpc) is 3.42. The Morgan fingerprint density at radius 2 is 2.03 bits per heavy atom. The summed E-state index contributed by atoms with van der Waals surface area (Å²) in [6.07, 6.45) is 0.763. The third-order valence-electron chi connectivity index (χ3n) is 5.50. The second kappa shape index (κ2) is 7.83. The fourth-order valence-electron chi connectivity index (χ4n) is 4.13. The van der Waals surface area contributed by atoms with Crippen LogP contribution in [-0.4, -0.2) is 33.1 Å². The molecule has 2 atom stereocenters. The van der Waals surface area contributed by atoms with Crippen molar-refractivity contribution >= 4 is 49.8 Å². The van der Waals surface area contributed by atoms with E-state index in [2.05, 4.69) is 26.1 Å². The molecule has 0 spiro atoms. The number of hydrogen-bond donors (Lipinski definition) is 1. The van der Waals surface area contributed by atoms with Crippen molar-refractivity contribution in [3.8, 4) is 5.75 Å². The van der Waals surface area contributed by atoms with Crippen LogP contribution in [0.2, 0.25) is 0 Å². The number of ketones is 1. The van der Waals surface area contributed by atoms with E-state index >= 15 is 0 Å². The lowest BCUT2D eigenvalue weighted by molar-refractivity contribution is -0.132. The lowest BCUT2D eigenvalue weighted by Crippen LogP contribution is -2.29. The van der Waals surface area contributed by atoms with Gasteiger partial charge in [-0.05, 0) is 55.3 Å². The number of Topliss-reactive ketones (excluding diaryl/α,β-unsaturated/α-hetero) is 1. The number of carbonyl (C=O) groups is 2. The van der Waals surface area contributed by atoms with Crippen LogP contribution in [0.1, 0.15) is 34.7 Å². The maximum Gasteiger partial charge on any atom is 0.301 e. The highest BCUT2D eigenvalue weighted by Crippen LogP contribution is 2.44. The Balaban J connectivity index is 1.69. The first-order valence-corrected chi connectivity index (χ1v) is 11.6. The Hall–Kier alpha value is -3.04. The van der Waals surface area contributed by atoms with Gasteiger partial charge < -0.3 is 9.84 Å². The molecule has 1 saturated heterocycles. The summed E-state index contributed by atoms with van der Waals surface area (Å²) in [5, 5.41) is 20.3. The van der Waals surface area contributed by atoms with Gasteiger partial charge in [-0.25, -0.2) is 0 Å². The van der Waals surface area contributed by atoms with E-state index in [-0.39, 0.29) is 17.4 Å². The van der Waals surface area contributed by atoms with E-state index in [0.717, 1.165) is 15.8 Å². The molecule has 7 nitrogen and oxygen atoms in total. The second-order valence-electron chi connectivity index (χ2n) is 7.78. The predicted octanol–water partition coefficient (Wildman–Crippen LogP) is 4.56. The van der Waals surface area contributed by atoms with Crippen LogP contribution >= 0.6 is 27.3 Å². The van der Waals surface area contributed by atoms with E-state index in [1.54, 1.807) is 19.1 Å². The summed E-state index contributed by atoms with van der Waals surface area (Å²) in [6.45, 7) is 3.75. The molecule has 0 radical (unpaired) electrons. The fourth-order valence-corrected chi connectivity index (χ4v) is 5.26. The molecule has 0 saturated carbocycles. The molecule has 3 aromatic rings. The van der Waals surface area contributed by atoms with Crippen molar-refractivity contribution in [1.29, 1.82) is 0 Å². The summed E-state index contributed by atoms with van der Waals surface area (Å²) in [7, 11) is 0. The fraction of sp³-hybridized carbons (Fsp3) is 0.217. The van der Waals surface area contributed by atoms with Crippen LogP contribution < -0.4 is 9.64 Å². The van der Waals surface area contributed by atoms with Crippen molar-refractivity contribution in [1.82, 2.24) is 10.2 Å². The smallest absolute Gasteiger partial charge is 0.301 e. The Kier molecular flexibility index (Phi) is 5.10. The number of amides is 1. The van der Waals surface area contributed by atoms with E-state index in [1.807, 2.05) is 37.3 Å². The minimum Gasteiger partial charge on any atom is -0.507 e. The van der Waals surface area contributed by atoms with Crippen molar-refractivity contribution in [2.75, 3.05) is 4.90 Å². The first kappa shape index (κ1) is 20.8. The highest BCUT2D eigenvalue weighted by atomic mass is 79.9. The van der Waals surface area contributed by atoms with Crippen molar-refractivity contribution in [2.45, 2.75) is 32.4 Å². The zero-order valence-corrected chi connectivity index (χ0v) is 19.6. The molecule has 2 aliphatic heterocycles. The molecule has 0 bridgehead atoms. The minimum absolute atomic E-state index is 0.0212. The number of benzene rings is 2. The monoisotopic (exact) mass is 511 g/mol. The van der Waals surface area contributed by atoms with Gasteiger partial charge in [0.05, 0.1) is 11.6 Å². The number of rotatable bonds is 3. The molecule has 1 aromatic heterocycles. The number of nitrogens with zero attached hydrogens (tertiary/aromatic N) is 3. The van der Waals surface area contributed by atoms with Crippen LogP contribution in [-0.2, 0) is 16.0 Å². The van der Waals surface area contributed by atoms with Gasteiger partial charge in [-0.3, -0.25) is 14.5 Å². The summed E-state index contributed by atoms with van der Waals surface area (Å²) < 4.78 is 6.53. The molecule has 5 rings (SSSR count). The summed E-state index contributed by atoms with van der Waals surface area (Å²) in [5.74, 6) is -0.960. The molecule has 1 fully saturated rings. The quantitative estimate of drug-likeness (QED) is 0.314. The van der Waals surface area contributed by atoms with Crippen molar-refractivity contribution in [2.24, 2.45) is 0 Å². The number of fused-ring (bicyclic) bond motifs is 1. The number of aliphatic hydroxyl groups excluding tert-OH is 1. The Bertz CT molecular complexity index is 1300. The van der Waals surface area contributed by atoms with Gasteiger partial charge in [-0.1, -0.05) is 39.4 Å². The number of aryl methyl sites for hydroxylation is 1. The third kappa shape index (κ3) is 3.41. The van der Waals surface area contributed by atoms with E-state index in [4.69, 9.17) is 4.74 Å². The van der Waals surface area contributed by atoms with Gasteiger partial charge >= 0.3 is 5.91 Å². The molecule has 9 heteroatoms. The molecule has 0 aliphatic carbocycles. The molecule has 2 aromatic carbocycles.